The molecule has 2 atom stereocenters. The number of nitriles is 1. The van der Waals surface area contributed by atoms with Crippen LogP contribution in [-0.4, -0.2) is 24.0 Å². The molecule has 1 amide bonds. The minimum Gasteiger partial charge on any atom is -0.455 e. The zero-order valence-corrected chi connectivity index (χ0v) is 15.5. The van der Waals surface area contributed by atoms with Crippen LogP contribution in [0.2, 0.25) is 5.02 Å². The lowest BCUT2D eigenvalue weighted by atomic mass is 9.88. The van der Waals surface area contributed by atoms with E-state index in [0.717, 1.165) is 18.4 Å². The minimum atomic E-state index is -0.892. The molecule has 0 heterocycles. The van der Waals surface area contributed by atoms with Gasteiger partial charge in [0.05, 0.1) is 12.0 Å². The van der Waals surface area contributed by atoms with Gasteiger partial charge in [-0.2, -0.15) is 5.26 Å². The highest BCUT2D eigenvalue weighted by Gasteiger charge is 2.43. The number of carbonyl (C=O) groups is 2. The molecule has 2 rings (SSSR count). The first-order valence-corrected chi connectivity index (χ1v) is 8.79. The van der Waals surface area contributed by atoms with Crippen molar-refractivity contribution in [2.45, 2.75) is 45.1 Å². The van der Waals surface area contributed by atoms with Crippen LogP contribution < -0.4 is 5.32 Å². The van der Waals surface area contributed by atoms with E-state index >= 15 is 0 Å². The lowest BCUT2D eigenvalue weighted by Crippen LogP contribution is -2.48. The fourth-order valence-corrected chi connectivity index (χ4v) is 3.02. The summed E-state index contributed by atoms with van der Waals surface area (Å²) in [6, 6.07) is 9.16. The van der Waals surface area contributed by atoms with E-state index < -0.39 is 23.3 Å². The fraction of sp³-hybridized carbons (Fsp3) is 0.526. The molecule has 1 aromatic carbocycles. The van der Waals surface area contributed by atoms with E-state index in [1.165, 1.54) is 0 Å². The van der Waals surface area contributed by atoms with Crippen molar-refractivity contribution in [3.63, 3.8) is 0 Å². The van der Waals surface area contributed by atoms with E-state index in [2.05, 4.69) is 11.4 Å². The van der Waals surface area contributed by atoms with E-state index in [9.17, 15) is 14.9 Å². The molecule has 134 valence electrons. The first-order valence-electron chi connectivity index (χ1n) is 8.41. The Morgan fingerprint density at radius 3 is 2.44 bits per heavy atom. The van der Waals surface area contributed by atoms with Crippen molar-refractivity contribution >= 4 is 23.5 Å². The van der Waals surface area contributed by atoms with Crippen molar-refractivity contribution in [2.24, 2.45) is 11.8 Å². The maximum Gasteiger partial charge on any atom is 0.314 e. The van der Waals surface area contributed by atoms with Crippen LogP contribution in [0.3, 0.4) is 0 Å². The second-order valence-corrected chi connectivity index (χ2v) is 7.45. The summed E-state index contributed by atoms with van der Waals surface area (Å²) >= 11 is 5.89. The van der Waals surface area contributed by atoms with Gasteiger partial charge in [-0.3, -0.25) is 9.59 Å². The maximum absolute atomic E-state index is 12.5. The molecule has 25 heavy (non-hydrogen) atoms. The van der Waals surface area contributed by atoms with Gasteiger partial charge in [-0.05, 0) is 49.3 Å². The molecule has 0 saturated heterocycles. The van der Waals surface area contributed by atoms with Crippen molar-refractivity contribution in [2.75, 3.05) is 6.61 Å². The highest BCUT2D eigenvalue weighted by molar-refractivity contribution is 6.30. The molecule has 1 aromatic rings. The average molecular weight is 363 g/mol. The van der Waals surface area contributed by atoms with Crippen molar-refractivity contribution < 1.29 is 14.3 Å². The minimum absolute atomic E-state index is 0.00701. The highest BCUT2D eigenvalue weighted by atomic mass is 35.5. The average Bonchev–Trinajstić information content (AvgIpc) is 3.40. The number of ether oxygens (including phenoxy) is 1. The zero-order valence-electron chi connectivity index (χ0n) is 14.7. The molecule has 1 aliphatic carbocycles. The van der Waals surface area contributed by atoms with E-state index in [-0.39, 0.29) is 18.4 Å². The standard InChI is InChI=1S/C19H23ClN2O3/c1-12(2)17(13-4-8-15(20)9-5-13)18(24)25-10-16(23)22-19(3,11-21)14-6-7-14/h4-5,8-9,12,14,17H,6-7,10H2,1-3H3,(H,22,23)/t17-,19+/m1/s1. The van der Waals surface area contributed by atoms with Gasteiger partial charge in [0, 0.05) is 5.02 Å². The SMILES string of the molecule is CC(C)[C@@H](C(=O)OCC(=O)N[C@@](C)(C#N)C1CC1)c1ccc(Cl)cc1. The Bertz CT molecular complexity index is 677. The summed E-state index contributed by atoms with van der Waals surface area (Å²) in [5, 5.41) is 12.5. The molecular weight excluding hydrogens is 340 g/mol. The molecule has 1 saturated carbocycles. The lowest BCUT2D eigenvalue weighted by molar-refractivity contribution is -0.151. The zero-order chi connectivity index (χ0) is 18.6. The third-order valence-corrected chi connectivity index (χ3v) is 4.77. The molecule has 0 aliphatic heterocycles. The topological polar surface area (TPSA) is 79.2 Å². The Morgan fingerprint density at radius 2 is 1.96 bits per heavy atom. The maximum atomic E-state index is 12.5. The molecule has 0 unspecified atom stereocenters. The van der Waals surface area contributed by atoms with Gasteiger partial charge < -0.3 is 10.1 Å². The van der Waals surface area contributed by atoms with E-state index in [1.807, 2.05) is 13.8 Å². The molecule has 6 heteroatoms. The predicted molar refractivity (Wildman–Crippen MR) is 94.9 cm³/mol. The second-order valence-electron chi connectivity index (χ2n) is 7.02. The Hall–Kier alpha value is -2.06. The van der Waals surface area contributed by atoms with Crippen LogP contribution in [0.5, 0.6) is 0 Å². The molecule has 1 aliphatic rings. The molecule has 1 N–H and O–H groups in total. The predicted octanol–water partition coefficient (Wildman–Crippen LogP) is 3.43. The number of halogens is 1. The summed E-state index contributed by atoms with van der Waals surface area (Å²) in [5.74, 6) is -1.21. The van der Waals surface area contributed by atoms with Gasteiger partial charge in [-0.15, -0.1) is 0 Å². The molecule has 0 bridgehead atoms. The number of benzene rings is 1. The Kier molecular flexibility index (Phi) is 6.07. The van der Waals surface area contributed by atoms with Crippen LogP contribution in [0.4, 0.5) is 0 Å². The van der Waals surface area contributed by atoms with Crippen molar-refractivity contribution in [3.8, 4) is 6.07 Å². The molecular formula is C19H23ClN2O3. The monoisotopic (exact) mass is 362 g/mol. The fourth-order valence-electron chi connectivity index (χ4n) is 2.90. The van der Waals surface area contributed by atoms with Crippen LogP contribution in [0.1, 0.15) is 45.1 Å². The van der Waals surface area contributed by atoms with Gasteiger partial charge >= 0.3 is 5.97 Å². The van der Waals surface area contributed by atoms with Crippen LogP contribution in [0, 0.1) is 23.2 Å². The molecule has 0 spiro atoms. The van der Waals surface area contributed by atoms with E-state index in [4.69, 9.17) is 16.3 Å². The Labute approximate surface area is 153 Å². The highest BCUT2D eigenvalue weighted by Crippen LogP contribution is 2.39. The molecule has 5 nitrogen and oxygen atoms in total. The van der Waals surface area contributed by atoms with Crippen LogP contribution in [-0.2, 0) is 14.3 Å². The van der Waals surface area contributed by atoms with E-state index in [1.54, 1.807) is 31.2 Å². The summed E-state index contributed by atoms with van der Waals surface area (Å²) < 4.78 is 5.21. The smallest absolute Gasteiger partial charge is 0.314 e. The van der Waals surface area contributed by atoms with Gasteiger partial charge in [0.25, 0.3) is 5.91 Å². The number of amides is 1. The number of nitrogens with one attached hydrogen (secondary N) is 1. The number of carbonyl (C=O) groups excluding carboxylic acids is 2. The Balaban J connectivity index is 1.96. The van der Waals surface area contributed by atoms with Crippen molar-refractivity contribution in [1.29, 1.82) is 5.26 Å². The largest absolute Gasteiger partial charge is 0.455 e. The number of esters is 1. The first-order chi connectivity index (χ1) is 11.8. The number of hydrogen-bond acceptors (Lipinski definition) is 4. The first kappa shape index (κ1) is 19.3. The summed E-state index contributed by atoms with van der Waals surface area (Å²) in [6.07, 6.45) is 1.85. The Morgan fingerprint density at radius 1 is 1.36 bits per heavy atom. The van der Waals surface area contributed by atoms with Gasteiger partial charge in [0.2, 0.25) is 0 Å². The quantitative estimate of drug-likeness (QED) is 0.753. The van der Waals surface area contributed by atoms with Crippen LogP contribution in [0.25, 0.3) is 0 Å². The normalized spacial score (nSPS) is 17.3. The molecule has 1 fully saturated rings. The number of rotatable bonds is 7. The van der Waals surface area contributed by atoms with Gasteiger partial charge in [-0.25, -0.2) is 0 Å². The third-order valence-electron chi connectivity index (χ3n) is 4.52. The number of hydrogen-bond donors (Lipinski definition) is 1. The van der Waals surface area contributed by atoms with Crippen LogP contribution in [0.15, 0.2) is 24.3 Å². The molecule has 0 aromatic heterocycles. The van der Waals surface area contributed by atoms with E-state index in [0.29, 0.717) is 5.02 Å². The van der Waals surface area contributed by atoms with Crippen molar-refractivity contribution in [1.82, 2.24) is 5.32 Å². The summed E-state index contributed by atoms with van der Waals surface area (Å²) in [4.78, 5) is 24.5. The summed E-state index contributed by atoms with van der Waals surface area (Å²) in [6.45, 7) is 5.15. The van der Waals surface area contributed by atoms with Gasteiger partial charge in [0.1, 0.15) is 5.54 Å². The molecule has 0 radical (unpaired) electrons. The summed E-state index contributed by atoms with van der Waals surface area (Å²) in [5.41, 5.74) is -0.0958. The van der Waals surface area contributed by atoms with Gasteiger partial charge in [0.15, 0.2) is 6.61 Å². The van der Waals surface area contributed by atoms with Crippen molar-refractivity contribution in [3.05, 3.63) is 34.9 Å². The second kappa shape index (κ2) is 7.88. The lowest BCUT2D eigenvalue weighted by Gasteiger charge is -2.23. The van der Waals surface area contributed by atoms with Crippen LogP contribution >= 0.6 is 11.6 Å². The summed E-state index contributed by atoms with van der Waals surface area (Å²) in [7, 11) is 0. The third kappa shape index (κ3) is 4.96. The van der Waals surface area contributed by atoms with Gasteiger partial charge in [-0.1, -0.05) is 37.6 Å². The number of nitrogens with zero attached hydrogens (tertiary/aromatic N) is 1.